The zero-order valence-electron chi connectivity index (χ0n) is 21.1. The molecule has 0 spiro atoms. The molecule has 0 saturated carbocycles. The predicted octanol–water partition coefficient (Wildman–Crippen LogP) is 3.87. The van der Waals surface area contributed by atoms with Gasteiger partial charge in [-0.3, -0.25) is 4.79 Å². The first-order valence-electron chi connectivity index (χ1n) is 12.0. The highest BCUT2D eigenvalue weighted by Crippen LogP contribution is 2.36. The number of hydrogen-bond acceptors (Lipinski definition) is 8. The van der Waals surface area contributed by atoms with Crippen LogP contribution in [0, 0.1) is 0 Å². The topological polar surface area (TPSA) is 82.6 Å². The molecule has 1 amide bonds. The Kier molecular flexibility index (Phi) is 6.73. The minimum absolute atomic E-state index is 0.00573. The summed E-state index contributed by atoms with van der Waals surface area (Å²) in [4.78, 5) is 22.5. The van der Waals surface area contributed by atoms with Gasteiger partial charge in [0.15, 0.2) is 11.5 Å². The van der Waals surface area contributed by atoms with E-state index in [0.717, 1.165) is 29.6 Å². The van der Waals surface area contributed by atoms with Crippen molar-refractivity contribution in [2.75, 3.05) is 53.2 Å². The van der Waals surface area contributed by atoms with Gasteiger partial charge in [-0.05, 0) is 49.2 Å². The third-order valence-electron chi connectivity index (χ3n) is 6.54. The number of anilines is 1. The molecule has 36 heavy (non-hydrogen) atoms. The highest BCUT2D eigenvalue weighted by atomic mass is 16.7. The van der Waals surface area contributed by atoms with Crippen molar-refractivity contribution in [2.24, 2.45) is 0 Å². The minimum atomic E-state index is -0.105. The lowest BCUT2D eigenvalue weighted by Crippen LogP contribution is -2.37. The summed E-state index contributed by atoms with van der Waals surface area (Å²) >= 11 is 0. The number of fused-ring (bicyclic) bond motifs is 2. The molecule has 5 rings (SSSR count). The summed E-state index contributed by atoms with van der Waals surface area (Å²) in [6.07, 6.45) is 1.91. The van der Waals surface area contributed by atoms with Crippen LogP contribution in [0.4, 0.5) is 5.82 Å². The van der Waals surface area contributed by atoms with Gasteiger partial charge in [-0.2, -0.15) is 0 Å². The molecule has 9 heteroatoms. The van der Waals surface area contributed by atoms with E-state index in [9.17, 15) is 4.79 Å². The molecule has 9 nitrogen and oxygen atoms in total. The van der Waals surface area contributed by atoms with Gasteiger partial charge < -0.3 is 33.5 Å². The van der Waals surface area contributed by atoms with Crippen molar-refractivity contribution in [3.63, 3.8) is 0 Å². The fourth-order valence-electron chi connectivity index (χ4n) is 4.76. The largest absolute Gasteiger partial charge is 0.496 e. The average molecular weight is 494 g/mol. The summed E-state index contributed by atoms with van der Waals surface area (Å²) in [7, 11) is 7.13. The van der Waals surface area contributed by atoms with E-state index in [1.807, 2.05) is 42.1 Å². The van der Waals surface area contributed by atoms with Gasteiger partial charge in [0.2, 0.25) is 6.79 Å². The van der Waals surface area contributed by atoms with Gasteiger partial charge >= 0.3 is 0 Å². The predicted molar refractivity (Wildman–Crippen MR) is 135 cm³/mol. The molecule has 1 aromatic heterocycles. The quantitative estimate of drug-likeness (QED) is 0.468. The first kappa shape index (κ1) is 24.0. The molecule has 0 aliphatic carbocycles. The van der Waals surface area contributed by atoms with Gasteiger partial charge in [-0.25, -0.2) is 4.98 Å². The molecule has 3 aromatic rings. The lowest BCUT2D eigenvalue weighted by Gasteiger charge is -2.28. The average Bonchev–Trinajstić information content (AvgIpc) is 3.58. The maximum absolute atomic E-state index is 13.8. The van der Waals surface area contributed by atoms with Gasteiger partial charge in [-0.1, -0.05) is 0 Å². The van der Waals surface area contributed by atoms with E-state index in [0.29, 0.717) is 53.8 Å². The molecule has 1 fully saturated rings. The Morgan fingerprint density at radius 3 is 2.56 bits per heavy atom. The van der Waals surface area contributed by atoms with Crippen molar-refractivity contribution in [3.05, 3.63) is 47.5 Å². The number of methoxy groups -OCH3 is 2. The summed E-state index contributed by atoms with van der Waals surface area (Å²) < 4.78 is 28.0. The molecule has 1 atom stereocenters. The number of aromatic nitrogens is 1. The lowest BCUT2D eigenvalue weighted by molar-refractivity contribution is 0.0507. The monoisotopic (exact) mass is 493 g/mol. The number of ether oxygens (including phenoxy) is 5. The maximum atomic E-state index is 13.8. The number of carbonyl (C=O) groups excluding carboxylic acids is 1. The first-order chi connectivity index (χ1) is 17.5. The van der Waals surface area contributed by atoms with Crippen LogP contribution in [-0.4, -0.2) is 70.2 Å². The van der Waals surface area contributed by atoms with Crippen LogP contribution >= 0.6 is 0 Å². The number of amides is 1. The number of nitrogens with zero attached hydrogens (tertiary/aromatic N) is 3. The van der Waals surface area contributed by atoms with Gasteiger partial charge in [0.05, 0.1) is 20.3 Å². The van der Waals surface area contributed by atoms with Gasteiger partial charge in [0, 0.05) is 50.3 Å². The number of carbonyl (C=O) groups is 1. The van der Waals surface area contributed by atoms with Crippen molar-refractivity contribution in [1.82, 2.24) is 9.88 Å². The second-order valence-electron chi connectivity index (χ2n) is 9.12. The van der Waals surface area contributed by atoms with Crippen molar-refractivity contribution in [2.45, 2.75) is 25.5 Å². The molecule has 3 heterocycles. The summed E-state index contributed by atoms with van der Waals surface area (Å²) in [6, 6.07) is 11.0. The highest BCUT2D eigenvalue weighted by Gasteiger charge is 2.27. The van der Waals surface area contributed by atoms with E-state index < -0.39 is 0 Å². The normalized spacial score (nSPS) is 16.3. The molecule has 2 aromatic carbocycles. The van der Waals surface area contributed by atoms with Gasteiger partial charge in [0.1, 0.15) is 22.8 Å². The van der Waals surface area contributed by atoms with Crippen LogP contribution in [0.2, 0.25) is 0 Å². The summed E-state index contributed by atoms with van der Waals surface area (Å²) in [5, 5.41) is 0.824. The Balaban J connectivity index is 1.55. The summed E-state index contributed by atoms with van der Waals surface area (Å²) in [5.74, 6) is 3.23. The van der Waals surface area contributed by atoms with Crippen LogP contribution in [0.1, 0.15) is 28.8 Å². The Bertz CT molecular complexity index is 1270. The maximum Gasteiger partial charge on any atom is 0.254 e. The number of benzene rings is 2. The third-order valence-corrected chi connectivity index (χ3v) is 6.54. The molecule has 2 aliphatic rings. The van der Waals surface area contributed by atoms with E-state index in [2.05, 4.69) is 0 Å². The fraction of sp³-hybridized carbons (Fsp3) is 0.407. The van der Waals surface area contributed by atoms with E-state index >= 15 is 0 Å². The molecular weight excluding hydrogens is 462 g/mol. The van der Waals surface area contributed by atoms with Crippen LogP contribution in [-0.2, 0) is 11.3 Å². The van der Waals surface area contributed by atoms with Crippen LogP contribution < -0.4 is 23.8 Å². The minimum Gasteiger partial charge on any atom is -0.496 e. The zero-order chi connectivity index (χ0) is 25.2. The van der Waals surface area contributed by atoms with Crippen molar-refractivity contribution in [1.29, 1.82) is 0 Å². The van der Waals surface area contributed by atoms with E-state index in [-0.39, 0.29) is 18.8 Å². The Hall–Kier alpha value is -3.72. The van der Waals surface area contributed by atoms with Crippen LogP contribution in [0.25, 0.3) is 10.9 Å². The summed E-state index contributed by atoms with van der Waals surface area (Å²) in [5.41, 5.74) is 2.14. The molecule has 0 N–H and O–H groups in total. The second kappa shape index (κ2) is 10.1. The Labute approximate surface area is 210 Å². The molecule has 0 bridgehead atoms. The van der Waals surface area contributed by atoms with Crippen LogP contribution in [0.5, 0.6) is 23.0 Å². The van der Waals surface area contributed by atoms with Crippen molar-refractivity contribution in [3.8, 4) is 23.0 Å². The molecular formula is C27H31N3O6. The third kappa shape index (κ3) is 4.58. The number of pyridine rings is 1. The number of rotatable bonds is 8. The molecule has 190 valence electrons. The standard InChI is InChI=1S/C27H31N3O6/c1-29(2)26-18(12-20-21(32-3)9-10-23(33-4)25(20)28-26)14-30(15-19-6-5-11-34-19)27(31)17-7-8-22-24(13-17)36-16-35-22/h7-10,12-13,19H,5-6,11,14-16H2,1-4H3. The zero-order valence-corrected chi connectivity index (χ0v) is 21.1. The Morgan fingerprint density at radius 1 is 1.06 bits per heavy atom. The SMILES string of the molecule is COc1ccc(OC)c2nc(N(C)C)c(CN(CC3CCCO3)C(=O)c3ccc4c(c3)OCO4)cc12. The second-order valence-corrected chi connectivity index (χ2v) is 9.12. The van der Waals surface area contributed by atoms with Crippen molar-refractivity contribution >= 4 is 22.6 Å². The molecule has 1 saturated heterocycles. The number of hydrogen-bond donors (Lipinski definition) is 0. The lowest BCUT2D eigenvalue weighted by atomic mass is 10.1. The first-order valence-corrected chi connectivity index (χ1v) is 12.0. The van der Waals surface area contributed by atoms with Gasteiger partial charge in [-0.15, -0.1) is 0 Å². The highest BCUT2D eigenvalue weighted by molar-refractivity contribution is 5.96. The fourth-order valence-corrected chi connectivity index (χ4v) is 4.76. The van der Waals surface area contributed by atoms with E-state index in [1.165, 1.54) is 0 Å². The van der Waals surface area contributed by atoms with E-state index in [4.69, 9.17) is 28.7 Å². The van der Waals surface area contributed by atoms with Crippen molar-refractivity contribution < 1.29 is 28.5 Å². The van der Waals surface area contributed by atoms with E-state index in [1.54, 1.807) is 32.4 Å². The van der Waals surface area contributed by atoms with Gasteiger partial charge in [0.25, 0.3) is 5.91 Å². The van der Waals surface area contributed by atoms with Crippen LogP contribution in [0.15, 0.2) is 36.4 Å². The smallest absolute Gasteiger partial charge is 0.254 e. The molecule has 1 unspecified atom stereocenters. The van der Waals surface area contributed by atoms with Crippen LogP contribution in [0.3, 0.4) is 0 Å². The Morgan fingerprint density at radius 2 is 1.83 bits per heavy atom. The summed E-state index contributed by atoms with van der Waals surface area (Å²) in [6.45, 7) is 1.71. The molecule has 2 aliphatic heterocycles. The molecule has 0 radical (unpaired) electrons.